The third-order valence-electron chi connectivity index (χ3n) is 3.00. The SMILES string of the molecule is OCCC#Cc1ccccc1COC1CCC1. The van der Waals surface area contributed by atoms with Crippen LogP contribution >= 0.6 is 0 Å². The molecule has 17 heavy (non-hydrogen) atoms. The minimum absolute atomic E-state index is 0.119. The predicted octanol–water partition coefficient (Wildman–Crippen LogP) is 2.49. The van der Waals surface area contributed by atoms with Gasteiger partial charge in [-0.05, 0) is 30.9 Å². The molecule has 1 aromatic carbocycles. The molecule has 0 atom stereocenters. The van der Waals surface area contributed by atoms with Crippen molar-refractivity contribution in [2.75, 3.05) is 6.61 Å². The summed E-state index contributed by atoms with van der Waals surface area (Å²) in [4.78, 5) is 0. The molecule has 0 saturated heterocycles. The molecule has 0 amide bonds. The number of aliphatic hydroxyl groups excluding tert-OH is 1. The average molecular weight is 230 g/mol. The standard InChI is InChI=1S/C15H18O2/c16-11-4-3-7-13-6-1-2-8-14(13)12-17-15-9-5-10-15/h1-2,6,8,15-16H,4-5,9-12H2. The summed E-state index contributed by atoms with van der Waals surface area (Å²) in [7, 11) is 0. The molecule has 2 nitrogen and oxygen atoms in total. The lowest BCUT2D eigenvalue weighted by molar-refractivity contribution is -0.00873. The Morgan fingerprint density at radius 2 is 2.12 bits per heavy atom. The Balaban J connectivity index is 1.97. The lowest BCUT2D eigenvalue weighted by atomic mass is 9.96. The molecular weight excluding hydrogens is 212 g/mol. The summed E-state index contributed by atoms with van der Waals surface area (Å²) in [6.07, 6.45) is 4.66. The second kappa shape index (κ2) is 6.44. The molecule has 0 spiro atoms. The molecule has 1 aliphatic carbocycles. The molecule has 1 saturated carbocycles. The van der Waals surface area contributed by atoms with Crippen molar-refractivity contribution in [3.8, 4) is 11.8 Å². The summed E-state index contributed by atoms with van der Waals surface area (Å²) in [5.74, 6) is 6.04. The van der Waals surface area contributed by atoms with Crippen molar-refractivity contribution in [2.24, 2.45) is 0 Å². The first-order valence-corrected chi connectivity index (χ1v) is 6.19. The molecule has 2 heteroatoms. The molecule has 90 valence electrons. The Labute approximate surface area is 103 Å². The third-order valence-corrected chi connectivity index (χ3v) is 3.00. The largest absolute Gasteiger partial charge is 0.395 e. The van der Waals surface area contributed by atoms with E-state index >= 15 is 0 Å². The Bertz CT molecular complexity index is 410. The van der Waals surface area contributed by atoms with E-state index in [2.05, 4.69) is 17.9 Å². The highest BCUT2D eigenvalue weighted by Crippen LogP contribution is 2.23. The summed E-state index contributed by atoms with van der Waals surface area (Å²) in [5.41, 5.74) is 2.16. The van der Waals surface area contributed by atoms with E-state index in [0.29, 0.717) is 19.1 Å². The maximum Gasteiger partial charge on any atom is 0.0732 e. The Morgan fingerprint density at radius 3 is 2.82 bits per heavy atom. The molecule has 1 fully saturated rings. The minimum Gasteiger partial charge on any atom is -0.395 e. The van der Waals surface area contributed by atoms with Crippen molar-refractivity contribution >= 4 is 0 Å². The quantitative estimate of drug-likeness (QED) is 0.805. The van der Waals surface area contributed by atoms with E-state index in [1.54, 1.807) is 0 Å². The summed E-state index contributed by atoms with van der Waals surface area (Å²) >= 11 is 0. The fraction of sp³-hybridized carbons (Fsp3) is 0.467. The molecule has 2 rings (SSSR count). The van der Waals surface area contributed by atoms with Crippen LogP contribution in [0.1, 0.15) is 36.8 Å². The van der Waals surface area contributed by atoms with Crippen LogP contribution in [0, 0.1) is 11.8 Å². The van der Waals surface area contributed by atoms with Gasteiger partial charge in [0, 0.05) is 12.0 Å². The Morgan fingerprint density at radius 1 is 1.29 bits per heavy atom. The highest BCUT2D eigenvalue weighted by molar-refractivity contribution is 5.40. The van der Waals surface area contributed by atoms with Crippen LogP contribution in [0.15, 0.2) is 24.3 Å². The van der Waals surface area contributed by atoms with Gasteiger partial charge in [-0.25, -0.2) is 0 Å². The van der Waals surface area contributed by atoms with Gasteiger partial charge in [0.25, 0.3) is 0 Å². The zero-order chi connectivity index (χ0) is 11.9. The molecule has 1 aliphatic rings. The van der Waals surface area contributed by atoms with Crippen LogP contribution in [-0.2, 0) is 11.3 Å². The summed E-state index contributed by atoms with van der Waals surface area (Å²) in [5, 5.41) is 8.70. The number of hydrogen-bond donors (Lipinski definition) is 1. The van der Waals surface area contributed by atoms with Crippen molar-refractivity contribution in [1.82, 2.24) is 0 Å². The van der Waals surface area contributed by atoms with Gasteiger partial charge in [0.1, 0.15) is 0 Å². The molecule has 0 bridgehead atoms. The van der Waals surface area contributed by atoms with Crippen molar-refractivity contribution in [2.45, 2.75) is 38.4 Å². The zero-order valence-electron chi connectivity index (χ0n) is 9.98. The second-order valence-electron chi connectivity index (χ2n) is 4.30. The highest BCUT2D eigenvalue weighted by Gasteiger charge is 2.17. The number of hydrogen-bond acceptors (Lipinski definition) is 2. The van der Waals surface area contributed by atoms with E-state index in [9.17, 15) is 0 Å². The van der Waals surface area contributed by atoms with Gasteiger partial charge in [0.05, 0.1) is 19.3 Å². The first-order valence-electron chi connectivity index (χ1n) is 6.19. The van der Waals surface area contributed by atoms with Gasteiger partial charge in [-0.1, -0.05) is 30.0 Å². The third kappa shape index (κ3) is 3.59. The van der Waals surface area contributed by atoms with Gasteiger partial charge >= 0.3 is 0 Å². The van der Waals surface area contributed by atoms with Gasteiger partial charge in [-0.3, -0.25) is 0 Å². The summed E-state index contributed by atoms with van der Waals surface area (Å²) < 4.78 is 5.79. The van der Waals surface area contributed by atoms with E-state index in [4.69, 9.17) is 9.84 Å². The Hall–Kier alpha value is -1.30. The summed E-state index contributed by atoms with van der Waals surface area (Å²) in [6, 6.07) is 8.05. The second-order valence-corrected chi connectivity index (χ2v) is 4.30. The van der Waals surface area contributed by atoms with Crippen LogP contribution in [0.4, 0.5) is 0 Å². The van der Waals surface area contributed by atoms with Crippen LogP contribution in [0.3, 0.4) is 0 Å². The number of ether oxygens (including phenoxy) is 1. The number of benzene rings is 1. The fourth-order valence-corrected chi connectivity index (χ4v) is 1.73. The van der Waals surface area contributed by atoms with Crippen molar-refractivity contribution in [3.63, 3.8) is 0 Å². The van der Waals surface area contributed by atoms with E-state index < -0.39 is 0 Å². The smallest absolute Gasteiger partial charge is 0.0732 e. The van der Waals surface area contributed by atoms with Crippen LogP contribution in [0.25, 0.3) is 0 Å². The topological polar surface area (TPSA) is 29.5 Å². The molecule has 0 heterocycles. The van der Waals surface area contributed by atoms with Crippen molar-refractivity contribution in [1.29, 1.82) is 0 Å². The van der Waals surface area contributed by atoms with Gasteiger partial charge < -0.3 is 9.84 Å². The number of aliphatic hydroxyl groups is 1. The molecule has 0 radical (unpaired) electrons. The first kappa shape index (κ1) is 12.2. The molecular formula is C15H18O2. The average Bonchev–Trinajstić information content (AvgIpc) is 2.29. The van der Waals surface area contributed by atoms with Crippen molar-refractivity contribution < 1.29 is 9.84 Å². The predicted molar refractivity (Wildman–Crippen MR) is 67.5 cm³/mol. The first-order chi connectivity index (χ1) is 8.40. The Kier molecular flexibility index (Phi) is 4.61. The summed E-state index contributed by atoms with van der Waals surface area (Å²) in [6.45, 7) is 0.766. The van der Waals surface area contributed by atoms with Crippen LogP contribution in [0.2, 0.25) is 0 Å². The lowest BCUT2D eigenvalue weighted by Crippen LogP contribution is -2.21. The monoisotopic (exact) mass is 230 g/mol. The minimum atomic E-state index is 0.119. The maximum atomic E-state index is 8.70. The molecule has 1 aromatic rings. The van der Waals surface area contributed by atoms with Gasteiger partial charge in [-0.15, -0.1) is 0 Å². The highest BCUT2D eigenvalue weighted by atomic mass is 16.5. The molecule has 0 aromatic heterocycles. The van der Waals surface area contributed by atoms with E-state index in [-0.39, 0.29) is 6.61 Å². The van der Waals surface area contributed by atoms with Gasteiger partial charge in [0.15, 0.2) is 0 Å². The van der Waals surface area contributed by atoms with E-state index in [0.717, 1.165) is 11.1 Å². The molecule has 1 N–H and O–H groups in total. The zero-order valence-corrected chi connectivity index (χ0v) is 9.98. The van der Waals surface area contributed by atoms with Gasteiger partial charge in [-0.2, -0.15) is 0 Å². The van der Waals surface area contributed by atoms with Crippen LogP contribution in [0.5, 0.6) is 0 Å². The maximum absolute atomic E-state index is 8.70. The van der Waals surface area contributed by atoms with Gasteiger partial charge in [0.2, 0.25) is 0 Å². The fourth-order valence-electron chi connectivity index (χ4n) is 1.73. The van der Waals surface area contributed by atoms with Crippen molar-refractivity contribution in [3.05, 3.63) is 35.4 Å². The normalized spacial score (nSPS) is 14.9. The van der Waals surface area contributed by atoms with E-state index in [1.807, 2.05) is 18.2 Å². The van der Waals surface area contributed by atoms with E-state index in [1.165, 1.54) is 19.3 Å². The molecule has 0 aliphatic heterocycles. The van der Waals surface area contributed by atoms with Crippen LogP contribution < -0.4 is 0 Å². The number of rotatable bonds is 4. The lowest BCUT2D eigenvalue weighted by Gasteiger charge is -2.25. The van der Waals surface area contributed by atoms with Crippen LogP contribution in [-0.4, -0.2) is 17.8 Å². The molecule has 0 unspecified atom stereocenters.